The van der Waals surface area contributed by atoms with Crippen LogP contribution in [0.5, 0.6) is 11.5 Å². The van der Waals surface area contributed by atoms with Crippen LogP contribution in [0.15, 0.2) is 84.9 Å². The number of nitrogens with zero attached hydrogens (tertiary/aromatic N) is 1. The van der Waals surface area contributed by atoms with Gasteiger partial charge in [-0.15, -0.1) is 0 Å². The van der Waals surface area contributed by atoms with Crippen molar-refractivity contribution in [1.29, 1.82) is 0 Å². The van der Waals surface area contributed by atoms with Gasteiger partial charge >= 0.3 is 0 Å². The van der Waals surface area contributed by atoms with Crippen molar-refractivity contribution < 1.29 is 19.1 Å². The Bertz CT molecular complexity index is 1480. The lowest BCUT2D eigenvalue weighted by molar-refractivity contribution is 0.0766. The summed E-state index contributed by atoms with van der Waals surface area (Å²) in [6.07, 6.45) is 0. The highest BCUT2D eigenvalue weighted by Crippen LogP contribution is 2.37. The van der Waals surface area contributed by atoms with Crippen molar-refractivity contribution in [3.05, 3.63) is 107 Å². The molecule has 0 radical (unpaired) electrons. The number of amides is 2. The maximum atomic E-state index is 13.2. The number of ether oxygens (including phenoxy) is 2. The van der Waals surface area contributed by atoms with Gasteiger partial charge < -0.3 is 25.4 Å². The van der Waals surface area contributed by atoms with E-state index in [2.05, 4.69) is 5.32 Å². The average molecular weight is 494 g/mol. The Kier molecular flexibility index (Phi) is 6.51. The number of fused-ring (bicyclic) bond motifs is 1. The van der Waals surface area contributed by atoms with Crippen LogP contribution < -0.4 is 20.5 Å². The molecule has 7 nitrogen and oxygen atoms in total. The third kappa shape index (κ3) is 4.71. The smallest absolute Gasteiger partial charge is 0.255 e. The van der Waals surface area contributed by atoms with Gasteiger partial charge in [0, 0.05) is 24.2 Å². The molecular formula is C30H27N3O4. The molecule has 4 aromatic carbocycles. The van der Waals surface area contributed by atoms with Crippen LogP contribution in [0.1, 0.15) is 31.8 Å². The number of nitrogens with one attached hydrogen (secondary N) is 1. The van der Waals surface area contributed by atoms with E-state index in [1.165, 1.54) is 0 Å². The second-order valence-corrected chi connectivity index (χ2v) is 8.80. The Morgan fingerprint density at radius 2 is 1.62 bits per heavy atom. The second kappa shape index (κ2) is 10.1. The molecule has 0 fully saturated rings. The van der Waals surface area contributed by atoms with Gasteiger partial charge in [0.2, 0.25) is 0 Å². The van der Waals surface area contributed by atoms with Gasteiger partial charge in [-0.25, -0.2) is 0 Å². The van der Waals surface area contributed by atoms with Crippen molar-refractivity contribution in [2.24, 2.45) is 0 Å². The summed E-state index contributed by atoms with van der Waals surface area (Å²) in [5.74, 6) is 1.03. The van der Waals surface area contributed by atoms with E-state index in [4.69, 9.17) is 15.2 Å². The third-order valence-electron chi connectivity index (χ3n) is 6.54. The van der Waals surface area contributed by atoms with Crippen LogP contribution in [0.4, 0.5) is 11.4 Å². The molecular weight excluding hydrogens is 466 g/mol. The van der Waals surface area contributed by atoms with Crippen molar-refractivity contribution in [2.75, 3.05) is 25.3 Å². The summed E-state index contributed by atoms with van der Waals surface area (Å²) in [5.41, 5.74) is 12.1. The number of methoxy groups -OCH3 is 2. The molecule has 1 heterocycles. The molecule has 1 aliphatic rings. The number of rotatable bonds is 7. The summed E-state index contributed by atoms with van der Waals surface area (Å²) >= 11 is 0. The summed E-state index contributed by atoms with van der Waals surface area (Å²) in [6, 6.07) is 25.9. The van der Waals surface area contributed by atoms with Gasteiger partial charge in [0.1, 0.15) is 0 Å². The van der Waals surface area contributed by atoms with Gasteiger partial charge in [-0.3, -0.25) is 9.59 Å². The number of hydrogen-bond donors (Lipinski definition) is 2. The Morgan fingerprint density at radius 1 is 0.892 bits per heavy atom. The normalized spacial score (nSPS) is 12.3. The molecule has 2 amide bonds. The molecule has 4 aromatic rings. The van der Waals surface area contributed by atoms with Crippen molar-refractivity contribution >= 4 is 23.2 Å². The lowest BCUT2D eigenvalue weighted by Gasteiger charge is -2.16. The molecule has 0 aromatic heterocycles. The predicted molar refractivity (Wildman–Crippen MR) is 144 cm³/mol. The Labute approximate surface area is 215 Å². The number of benzene rings is 4. The van der Waals surface area contributed by atoms with Gasteiger partial charge in [0.05, 0.1) is 25.6 Å². The molecule has 5 rings (SSSR count). The van der Waals surface area contributed by atoms with Gasteiger partial charge in [0.15, 0.2) is 11.5 Å². The molecule has 0 saturated carbocycles. The van der Waals surface area contributed by atoms with E-state index < -0.39 is 0 Å². The van der Waals surface area contributed by atoms with E-state index in [9.17, 15) is 9.59 Å². The van der Waals surface area contributed by atoms with Crippen molar-refractivity contribution in [3.63, 3.8) is 0 Å². The van der Waals surface area contributed by atoms with E-state index in [0.717, 1.165) is 22.3 Å². The molecule has 0 unspecified atom stereocenters. The standard InChI is InChI=1S/C30H27N3O4/c1-36-27-15-14-21(16-28(27)37-2)22-6-5-7-23-24(22)18-33(30(23)35)17-19-10-12-20(13-11-19)29(34)32-26-9-4-3-8-25(26)31/h3-16H,17-18,31H2,1-2H3,(H,32,34). The molecule has 186 valence electrons. The number of carbonyl (C=O) groups is 2. The third-order valence-corrected chi connectivity index (χ3v) is 6.54. The zero-order chi connectivity index (χ0) is 25.9. The molecule has 0 aliphatic carbocycles. The van der Waals surface area contributed by atoms with Crippen LogP contribution in [0, 0.1) is 0 Å². The summed E-state index contributed by atoms with van der Waals surface area (Å²) in [7, 11) is 3.21. The minimum absolute atomic E-state index is 0.0151. The molecule has 1 aliphatic heterocycles. The fraction of sp³-hybridized carbons (Fsp3) is 0.133. The van der Waals surface area contributed by atoms with E-state index in [1.54, 1.807) is 38.5 Å². The average Bonchev–Trinajstić information content (AvgIpc) is 3.24. The first-order valence-electron chi connectivity index (χ1n) is 11.9. The fourth-order valence-electron chi connectivity index (χ4n) is 4.58. The first kappa shape index (κ1) is 23.9. The molecule has 0 atom stereocenters. The first-order chi connectivity index (χ1) is 18.0. The summed E-state index contributed by atoms with van der Waals surface area (Å²) < 4.78 is 10.8. The number of nitrogens with two attached hydrogens (primary N) is 1. The zero-order valence-corrected chi connectivity index (χ0v) is 20.7. The first-order valence-corrected chi connectivity index (χ1v) is 11.9. The topological polar surface area (TPSA) is 93.9 Å². The molecule has 0 saturated heterocycles. The van der Waals surface area contributed by atoms with Crippen LogP contribution in [0.3, 0.4) is 0 Å². The van der Waals surface area contributed by atoms with Gasteiger partial charge in [-0.1, -0.05) is 42.5 Å². The summed E-state index contributed by atoms with van der Waals surface area (Å²) in [6.45, 7) is 0.931. The monoisotopic (exact) mass is 493 g/mol. The van der Waals surface area contributed by atoms with Crippen molar-refractivity contribution in [3.8, 4) is 22.6 Å². The molecule has 3 N–H and O–H groups in total. The number of hydrogen-bond acceptors (Lipinski definition) is 5. The Balaban J connectivity index is 1.32. The predicted octanol–water partition coefficient (Wildman–Crippen LogP) is 5.36. The highest BCUT2D eigenvalue weighted by molar-refractivity contribution is 6.05. The van der Waals surface area contributed by atoms with Crippen molar-refractivity contribution in [2.45, 2.75) is 13.1 Å². The van der Waals surface area contributed by atoms with E-state index in [1.807, 2.05) is 65.6 Å². The number of anilines is 2. The van der Waals surface area contributed by atoms with E-state index in [0.29, 0.717) is 47.1 Å². The number of carbonyl (C=O) groups excluding carboxylic acids is 2. The lowest BCUT2D eigenvalue weighted by atomic mass is 9.96. The van der Waals surface area contributed by atoms with E-state index in [-0.39, 0.29) is 11.8 Å². The van der Waals surface area contributed by atoms with Gasteiger partial charge in [0.25, 0.3) is 11.8 Å². The largest absolute Gasteiger partial charge is 0.493 e. The van der Waals surface area contributed by atoms with Crippen LogP contribution >= 0.6 is 0 Å². The minimum atomic E-state index is -0.242. The van der Waals surface area contributed by atoms with Crippen LogP contribution in [-0.2, 0) is 13.1 Å². The van der Waals surface area contributed by atoms with E-state index >= 15 is 0 Å². The van der Waals surface area contributed by atoms with Crippen LogP contribution in [-0.4, -0.2) is 30.9 Å². The molecule has 37 heavy (non-hydrogen) atoms. The maximum Gasteiger partial charge on any atom is 0.255 e. The van der Waals surface area contributed by atoms with Crippen LogP contribution in [0.2, 0.25) is 0 Å². The number of nitrogen functional groups attached to an aromatic ring is 1. The molecule has 7 heteroatoms. The summed E-state index contributed by atoms with van der Waals surface area (Å²) in [5, 5.41) is 2.83. The van der Waals surface area contributed by atoms with Gasteiger partial charge in [-0.2, -0.15) is 0 Å². The SMILES string of the molecule is COc1ccc(-c2cccc3c2CN(Cc2ccc(C(=O)Nc4ccccc4N)cc2)C3=O)cc1OC. The Morgan fingerprint density at radius 3 is 2.35 bits per heavy atom. The number of para-hydroxylation sites is 2. The molecule has 0 bridgehead atoms. The summed E-state index contributed by atoms with van der Waals surface area (Å²) in [4.78, 5) is 27.7. The lowest BCUT2D eigenvalue weighted by Crippen LogP contribution is -2.23. The highest BCUT2D eigenvalue weighted by atomic mass is 16.5. The van der Waals surface area contributed by atoms with Crippen LogP contribution in [0.25, 0.3) is 11.1 Å². The van der Waals surface area contributed by atoms with Crippen molar-refractivity contribution in [1.82, 2.24) is 4.90 Å². The molecule has 0 spiro atoms. The minimum Gasteiger partial charge on any atom is -0.493 e. The highest BCUT2D eigenvalue weighted by Gasteiger charge is 2.29. The van der Waals surface area contributed by atoms with Gasteiger partial charge in [-0.05, 0) is 64.7 Å². The zero-order valence-electron chi connectivity index (χ0n) is 20.7. The Hall–Kier alpha value is -4.78. The second-order valence-electron chi connectivity index (χ2n) is 8.80. The fourth-order valence-corrected chi connectivity index (χ4v) is 4.58. The quantitative estimate of drug-likeness (QED) is 0.338. The maximum absolute atomic E-state index is 13.2.